The summed E-state index contributed by atoms with van der Waals surface area (Å²) in [6.07, 6.45) is 4.17. The molecule has 2 aromatic carbocycles. The molecule has 2 aromatic heterocycles. The number of carbonyl (C=O) groups is 1. The van der Waals surface area contributed by atoms with Crippen LogP contribution in [0.25, 0.3) is 15.9 Å². The number of thiophene rings is 1. The van der Waals surface area contributed by atoms with Gasteiger partial charge in [0.25, 0.3) is 5.56 Å². The van der Waals surface area contributed by atoms with Gasteiger partial charge in [0.2, 0.25) is 0 Å². The topological polar surface area (TPSA) is 75.0 Å². The number of fused-ring (bicyclic) bond motifs is 3. The number of hydrogen-bond donors (Lipinski definition) is 0. The molecule has 4 aromatic rings. The predicted octanol–water partition coefficient (Wildman–Crippen LogP) is 4.64. The van der Waals surface area contributed by atoms with Crippen LogP contribution in [0.3, 0.4) is 0 Å². The van der Waals surface area contributed by atoms with Gasteiger partial charge in [-0.25, -0.2) is 4.98 Å². The van der Waals surface area contributed by atoms with Crippen molar-refractivity contribution in [3.63, 3.8) is 0 Å². The van der Waals surface area contributed by atoms with Crippen LogP contribution in [0.5, 0.6) is 0 Å². The van der Waals surface area contributed by atoms with Crippen molar-refractivity contribution in [3.8, 4) is 5.69 Å². The number of hydrogen-bond acceptors (Lipinski definition) is 6. The Labute approximate surface area is 197 Å². The van der Waals surface area contributed by atoms with Crippen molar-refractivity contribution in [1.82, 2.24) is 9.55 Å². The lowest BCUT2D eigenvalue weighted by Crippen LogP contribution is -2.22. The highest BCUT2D eigenvalue weighted by Crippen LogP contribution is 2.35. The summed E-state index contributed by atoms with van der Waals surface area (Å²) in [5, 5.41) is 12.9. The fourth-order valence-electron chi connectivity index (χ4n) is 3.99. The number of aromatic nitrogens is 2. The van der Waals surface area contributed by atoms with E-state index in [1.54, 1.807) is 40.2 Å². The molecule has 5 nitrogen and oxygen atoms in total. The summed E-state index contributed by atoms with van der Waals surface area (Å²) in [4.78, 5) is 31.7. The fraction of sp³-hybridized carbons (Fsp3) is 0.208. The van der Waals surface area contributed by atoms with Crippen molar-refractivity contribution in [2.24, 2.45) is 0 Å². The van der Waals surface area contributed by atoms with Crippen LogP contribution in [0.4, 0.5) is 0 Å². The third kappa shape index (κ3) is 3.96. The van der Waals surface area contributed by atoms with E-state index in [1.807, 2.05) is 12.1 Å². The van der Waals surface area contributed by atoms with Gasteiger partial charge in [-0.1, -0.05) is 47.6 Å². The predicted molar refractivity (Wildman–Crippen MR) is 127 cm³/mol. The molecule has 0 radical (unpaired) electrons. The summed E-state index contributed by atoms with van der Waals surface area (Å²) in [6, 6.07) is 13.8. The number of aromatic carboxylic acids is 1. The highest BCUT2D eigenvalue weighted by atomic mass is 35.5. The van der Waals surface area contributed by atoms with E-state index < -0.39 is 5.97 Å². The first-order valence-corrected chi connectivity index (χ1v) is 12.5. The molecule has 32 heavy (non-hydrogen) atoms. The molecule has 0 saturated heterocycles. The Morgan fingerprint density at radius 1 is 1.09 bits per heavy atom. The van der Waals surface area contributed by atoms with Crippen LogP contribution in [0.15, 0.2) is 58.5 Å². The largest absolute Gasteiger partial charge is 0.545 e. The summed E-state index contributed by atoms with van der Waals surface area (Å²) in [5.74, 6) is -0.654. The van der Waals surface area contributed by atoms with Crippen LogP contribution in [-0.4, -0.2) is 15.5 Å². The first-order chi connectivity index (χ1) is 15.5. The lowest BCUT2D eigenvalue weighted by molar-refractivity contribution is -0.255. The molecule has 0 aliphatic heterocycles. The minimum absolute atomic E-state index is 0.0495. The monoisotopic (exact) mass is 481 g/mol. The quantitative estimate of drug-likeness (QED) is 0.307. The molecule has 2 heterocycles. The highest BCUT2D eigenvalue weighted by molar-refractivity contribution is 7.98. The van der Waals surface area contributed by atoms with Crippen molar-refractivity contribution in [3.05, 3.63) is 85.5 Å². The van der Waals surface area contributed by atoms with Crippen LogP contribution in [0.2, 0.25) is 5.02 Å². The molecule has 162 valence electrons. The average molecular weight is 482 g/mol. The molecule has 0 saturated carbocycles. The van der Waals surface area contributed by atoms with Gasteiger partial charge in [-0.3, -0.25) is 9.36 Å². The average Bonchev–Trinajstić information content (AvgIpc) is 3.17. The van der Waals surface area contributed by atoms with Gasteiger partial charge in [0, 0.05) is 15.7 Å². The SMILES string of the molecule is O=C([O-])c1ccc(CSc2nc3sc4c(c3c(=O)n2-c2ccc(Cl)cc2)CCCC4)cc1. The third-order valence-electron chi connectivity index (χ3n) is 5.60. The van der Waals surface area contributed by atoms with Crippen molar-refractivity contribution in [2.75, 3.05) is 0 Å². The van der Waals surface area contributed by atoms with E-state index in [2.05, 4.69) is 0 Å². The summed E-state index contributed by atoms with van der Waals surface area (Å²) in [7, 11) is 0. The molecule has 0 unspecified atom stereocenters. The zero-order valence-electron chi connectivity index (χ0n) is 17.0. The van der Waals surface area contributed by atoms with Crippen molar-refractivity contribution < 1.29 is 9.90 Å². The second kappa shape index (κ2) is 8.73. The number of aryl methyl sites for hydroxylation is 2. The van der Waals surface area contributed by atoms with Gasteiger partial charge < -0.3 is 9.90 Å². The molecule has 5 rings (SSSR count). The third-order valence-corrected chi connectivity index (χ3v) is 8.05. The summed E-state index contributed by atoms with van der Waals surface area (Å²) < 4.78 is 1.67. The number of thioether (sulfide) groups is 1. The second-order valence-electron chi connectivity index (χ2n) is 7.68. The van der Waals surface area contributed by atoms with E-state index in [0.717, 1.165) is 52.7 Å². The van der Waals surface area contributed by atoms with Crippen LogP contribution < -0.4 is 10.7 Å². The Morgan fingerprint density at radius 3 is 2.53 bits per heavy atom. The van der Waals surface area contributed by atoms with E-state index in [0.29, 0.717) is 15.9 Å². The zero-order chi connectivity index (χ0) is 22.2. The van der Waals surface area contributed by atoms with Gasteiger partial charge in [-0.15, -0.1) is 11.3 Å². The van der Waals surface area contributed by atoms with Crippen LogP contribution in [-0.2, 0) is 18.6 Å². The molecule has 0 N–H and O–H groups in total. The van der Waals surface area contributed by atoms with Crippen molar-refractivity contribution in [1.29, 1.82) is 0 Å². The molecule has 0 spiro atoms. The van der Waals surface area contributed by atoms with Crippen LogP contribution in [0, 0.1) is 0 Å². The fourth-order valence-corrected chi connectivity index (χ4v) is 6.38. The molecule has 0 fully saturated rings. The Balaban J connectivity index is 1.60. The summed E-state index contributed by atoms with van der Waals surface area (Å²) in [5.41, 5.74) is 2.90. The minimum atomic E-state index is -1.20. The van der Waals surface area contributed by atoms with Gasteiger partial charge in [-0.2, -0.15) is 0 Å². The van der Waals surface area contributed by atoms with Gasteiger partial charge in [0.05, 0.1) is 17.0 Å². The van der Waals surface area contributed by atoms with Gasteiger partial charge in [-0.05, 0) is 66.6 Å². The van der Waals surface area contributed by atoms with E-state index in [1.165, 1.54) is 28.8 Å². The van der Waals surface area contributed by atoms with Gasteiger partial charge >= 0.3 is 0 Å². The number of carbonyl (C=O) groups excluding carboxylic acids is 1. The van der Waals surface area contributed by atoms with Crippen LogP contribution in [0.1, 0.15) is 39.2 Å². The number of carboxylic acid groups (broad SMARTS) is 1. The smallest absolute Gasteiger partial charge is 0.267 e. The maximum atomic E-state index is 13.7. The number of rotatable bonds is 5. The Morgan fingerprint density at radius 2 is 1.81 bits per heavy atom. The number of nitrogens with zero attached hydrogens (tertiary/aromatic N) is 2. The Bertz CT molecular complexity index is 1380. The number of halogens is 1. The normalized spacial score (nSPS) is 13.3. The van der Waals surface area contributed by atoms with E-state index in [9.17, 15) is 14.7 Å². The molecule has 0 atom stereocenters. The molecular formula is C24H18ClN2O3S2-. The van der Waals surface area contributed by atoms with Gasteiger partial charge in [0.15, 0.2) is 5.16 Å². The van der Waals surface area contributed by atoms with Gasteiger partial charge in [0.1, 0.15) is 4.83 Å². The Kier molecular flexibility index (Phi) is 5.80. The van der Waals surface area contributed by atoms with Crippen molar-refractivity contribution >= 4 is 50.9 Å². The molecule has 0 amide bonds. The first kappa shape index (κ1) is 21.2. The number of carboxylic acids is 1. The second-order valence-corrected chi connectivity index (χ2v) is 10.1. The summed E-state index contributed by atoms with van der Waals surface area (Å²) >= 11 is 9.16. The molecule has 1 aliphatic carbocycles. The lowest BCUT2D eigenvalue weighted by Gasteiger charge is -2.14. The van der Waals surface area contributed by atoms with E-state index in [4.69, 9.17) is 16.6 Å². The highest BCUT2D eigenvalue weighted by Gasteiger charge is 2.23. The van der Waals surface area contributed by atoms with Crippen molar-refractivity contribution in [2.45, 2.75) is 36.6 Å². The minimum Gasteiger partial charge on any atom is -0.545 e. The zero-order valence-corrected chi connectivity index (χ0v) is 19.4. The standard InChI is InChI=1S/C24H19ClN2O3S2/c25-16-9-11-17(12-10-16)27-22(28)20-18-3-1-2-4-19(18)32-21(20)26-24(27)31-13-14-5-7-15(8-6-14)23(29)30/h5-12H,1-4,13H2,(H,29,30)/p-1. The first-order valence-electron chi connectivity index (χ1n) is 10.3. The molecule has 1 aliphatic rings. The molecule has 0 bridgehead atoms. The molecular weight excluding hydrogens is 464 g/mol. The maximum absolute atomic E-state index is 13.7. The lowest BCUT2D eigenvalue weighted by atomic mass is 9.97. The maximum Gasteiger partial charge on any atom is 0.267 e. The van der Waals surface area contributed by atoms with Crippen LogP contribution >= 0.6 is 34.7 Å². The van der Waals surface area contributed by atoms with E-state index >= 15 is 0 Å². The Hall–Kier alpha value is -2.61. The van der Waals surface area contributed by atoms with E-state index in [-0.39, 0.29) is 11.1 Å². The number of benzene rings is 2. The molecule has 8 heteroatoms. The summed E-state index contributed by atoms with van der Waals surface area (Å²) in [6.45, 7) is 0.